The van der Waals surface area contributed by atoms with Gasteiger partial charge in [-0.25, -0.2) is 4.99 Å². The van der Waals surface area contributed by atoms with Crippen molar-refractivity contribution in [1.82, 2.24) is 21.3 Å². The Balaban J connectivity index is 0.00000936. The van der Waals surface area contributed by atoms with Crippen LogP contribution in [0.15, 0.2) is 126 Å². The van der Waals surface area contributed by atoms with Crippen LogP contribution >= 0.6 is 0 Å². The van der Waals surface area contributed by atoms with Gasteiger partial charge in [0.25, 0.3) is 11.8 Å². The van der Waals surface area contributed by atoms with Gasteiger partial charge in [0.15, 0.2) is 5.54 Å². The number of hydrogen-bond acceptors (Lipinski definition) is 9. The van der Waals surface area contributed by atoms with Gasteiger partial charge in [-0.3, -0.25) is 24.2 Å². The van der Waals surface area contributed by atoms with Gasteiger partial charge in [-0.05, 0) is 223 Å². The lowest BCUT2D eigenvalue weighted by Gasteiger charge is -2.33. The summed E-state index contributed by atoms with van der Waals surface area (Å²) in [5.41, 5.74) is 20.6. The largest absolute Gasteiger partial charge is 0.456 e. The van der Waals surface area contributed by atoms with Crippen LogP contribution in [0.25, 0.3) is 33.4 Å². The van der Waals surface area contributed by atoms with E-state index in [1.807, 2.05) is 36.4 Å². The monoisotopic (exact) mass is 1290 g/mol. The maximum absolute atomic E-state index is 14.0. The second kappa shape index (κ2) is 27.2. The molecular weight excluding hydrogens is 1190 g/mol. The Morgan fingerprint density at radius 3 is 1.83 bits per heavy atom. The smallest absolute Gasteiger partial charge is 0.251 e. The summed E-state index contributed by atoms with van der Waals surface area (Å²) < 4.78 is 12.6. The van der Waals surface area contributed by atoms with Crippen LogP contribution in [-0.4, -0.2) is 84.7 Å². The zero-order valence-electron chi connectivity index (χ0n) is 57.7. The van der Waals surface area contributed by atoms with Gasteiger partial charge < -0.3 is 41.4 Å². The molecule has 14 nitrogen and oxygen atoms in total. The number of ether oxygens (including phenoxy) is 2. The highest BCUT2D eigenvalue weighted by Gasteiger charge is 2.33. The molecule has 1 atom stereocenters. The number of carbonyl (C=O) groups is 4. The molecule has 6 aliphatic rings. The summed E-state index contributed by atoms with van der Waals surface area (Å²) in [6.07, 6.45) is 14.6. The third-order valence-electron chi connectivity index (χ3n) is 19.0. The van der Waals surface area contributed by atoms with Crippen molar-refractivity contribution in [3.63, 3.8) is 0 Å². The molecule has 0 fully saturated rings. The number of anilines is 2. The highest BCUT2D eigenvalue weighted by molar-refractivity contribution is 5.99. The van der Waals surface area contributed by atoms with Crippen molar-refractivity contribution < 1.29 is 33.6 Å². The predicted molar refractivity (Wildman–Crippen MR) is 388 cm³/mol. The predicted octanol–water partition coefficient (Wildman–Crippen LogP) is 11.3. The number of allylic oxidation sites excluding steroid dienone is 4. The summed E-state index contributed by atoms with van der Waals surface area (Å²) >= 11 is 0. The number of benzene rings is 6. The molecule has 7 N–H and O–H groups in total. The summed E-state index contributed by atoms with van der Waals surface area (Å²) in [5, 5.41) is 23.7. The summed E-state index contributed by atoms with van der Waals surface area (Å²) in [7, 11) is 0. The minimum atomic E-state index is -0.731. The number of nitrogens with one attached hydrogen (secondary N) is 7. The molecule has 1 unspecified atom stereocenters. The van der Waals surface area contributed by atoms with Crippen molar-refractivity contribution >= 4 is 68.4 Å². The summed E-state index contributed by atoms with van der Waals surface area (Å²) in [6, 6.07) is 32.9. The SMILES string of the molecule is C.CCCCC(NC(=O)c1ccc(C2=c3cc4c(cc3Oc3cc5c(cc32)C(C)=CC(C)(C)N5)=[NH+]C(C)(C)C=C4C)cc1)C(=O)NCCOCCNC(=O)CCCCCNC(=O)c1ccc(C2=c3cc4c(cc3Cc3cc5c(cc32)C(C)=CC(C)(C)N5)=NC(C)(C)C=C4C)cc1. The average Bonchev–Trinajstić information content (AvgIpc) is 0.737. The normalized spacial score (nSPS) is 16.8. The lowest BCUT2D eigenvalue weighted by Crippen LogP contribution is -2.89. The molecule has 0 saturated carbocycles. The lowest BCUT2D eigenvalue weighted by molar-refractivity contribution is -0.568. The number of unbranched alkanes of at least 4 members (excludes halogenated alkanes) is 3. The van der Waals surface area contributed by atoms with Crippen molar-refractivity contribution in [1.29, 1.82) is 0 Å². The Kier molecular flexibility index (Phi) is 19.3. The van der Waals surface area contributed by atoms with Crippen LogP contribution in [0.1, 0.15) is 219 Å². The van der Waals surface area contributed by atoms with Crippen molar-refractivity contribution in [2.45, 2.75) is 177 Å². The first-order valence-corrected chi connectivity index (χ1v) is 34.1. The number of fused-ring (bicyclic) bond motifs is 8. The Morgan fingerprint density at radius 2 is 1.17 bits per heavy atom. The van der Waals surface area contributed by atoms with Crippen molar-refractivity contribution in [2.75, 3.05) is 43.5 Å². The van der Waals surface area contributed by atoms with Gasteiger partial charge in [-0.2, -0.15) is 0 Å². The second-order valence-electron chi connectivity index (χ2n) is 29.2. The van der Waals surface area contributed by atoms with Gasteiger partial charge in [0.05, 0.1) is 41.3 Å². The third-order valence-corrected chi connectivity index (χ3v) is 19.0. The molecule has 0 saturated heterocycles. The standard InChI is InChI=1S/C81H92N8O6.CH4/c1-14-15-19-65(85-76(92)54-27-23-52(24-28-54)74-63-39-59-49(4)45-80(10,11)88-68(59)41-70(63)95-71-42-69-60(40-64(71)74)50(5)46-81(12,13)89-69)77(93)84-31-33-94-32-30-82-72(90)20-17-16-18-29-83-75(91)53-25-21-51(22-26-53)73-61-37-57-47(2)43-78(6,7)86-66(57)35-55(61)34-56-36-67-58(38-62(56)73)48(3)44-79(8,9)87-67;/h21-28,35-46,65,86,88H,14-20,29-34H2,1-13H3,(H,82,90)(H,83,91)(H,84,93)(H,85,92);1H4/p+1. The molecule has 6 aromatic carbocycles. The maximum Gasteiger partial charge on any atom is 0.251 e. The number of amides is 4. The van der Waals surface area contributed by atoms with Crippen LogP contribution in [0.3, 0.4) is 0 Å². The van der Waals surface area contributed by atoms with Crippen LogP contribution in [0.2, 0.25) is 0 Å². The van der Waals surface area contributed by atoms with Gasteiger partial charge >= 0.3 is 0 Å². The first-order chi connectivity index (χ1) is 45.2. The van der Waals surface area contributed by atoms with Crippen LogP contribution in [-0.2, 0) is 20.7 Å². The van der Waals surface area contributed by atoms with E-state index in [4.69, 9.17) is 14.5 Å². The fourth-order valence-corrected chi connectivity index (χ4v) is 14.9. The molecule has 0 radical (unpaired) electrons. The van der Waals surface area contributed by atoms with E-state index in [9.17, 15) is 19.2 Å². The number of nitrogens with zero attached hydrogens (tertiary/aromatic N) is 1. The molecule has 0 bridgehead atoms. The molecule has 0 aromatic heterocycles. The molecule has 12 rings (SSSR count). The molecule has 1 aliphatic carbocycles. The summed E-state index contributed by atoms with van der Waals surface area (Å²) in [4.78, 5) is 62.6. The highest BCUT2D eigenvalue weighted by Crippen LogP contribution is 2.45. The Hall–Kier alpha value is -9.14. The van der Waals surface area contributed by atoms with Gasteiger partial charge in [-0.1, -0.05) is 76.1 Å². The maximum atomic E-state index is 14.0. The van der Waals surface area contributed by atoms with Crippen LogP contribution in [0, 0.1) is 0 Å². The van der Waals surface area contributed by atoms with E-state index in [-0.39, 0.29) is 73.0 Å². The molecule has 5 aliphatic heterocycles. The Labute approximate surface area is 566 Å². The highest BCUT2D eigenvalue weighted by atomic mass is 16.5. The third kappa shape index (κ3) is 14.6. The summed E-state index contributed by atoms with van der Waals surface area (Å²) in [5.74, 6) is 0.714. The molecule has 4 amide bonds. The molecular formula is C82H97N8O6+. The first-order valence-electron chi connectivity index (χ1n) is 34.1. The molecule has 500 valence electrons. The van der Waals surface area contributed by atoms with Gasteiger partial charge in [-0.15, -0.1) is 0 Å². The zero-order chi connectivity index (χ0) is 67.3. The van der Waals surface area contributed by atoms with Crippen molar-refractivity contribution in [2.24, 2.45) is 4.99 Å². The van der Waals surface area contributed by atoms with E-state index >= 15 is 0 Å². The average molecular weight is 1290 g/mol. The van der Waals surface area contributed by atoms with Gasteiger partial charge in [0.1, 0.15) is 17.5 Å². The molecule has 5 heterocycles. The molecule has 0 spiro atoms. The topological polar surface area (TPSA) is 185 Å². The molecule has 6 aromatic rings. The van der Waals surface area contributed by atoms with E-state index in [1.54, 1.807) is 0 Å². The Bertz CT molecular complexity index is 4540. The number of hydrogen-bond donors (Lipinski definition) is 7. The fourth-order valence-electron chi connectivity index (χ4n) is 14.9. The molecule has 14 heteroatoms. The number of carbonyl (C=O) groups excluding carboxylic acids is 4. The van der Waals surface area contributed by atoms with Crippen molar-refractivity contribution in [3.8, 4) is 11.5 Å². The fraction of sp³-hybridized carbons (Fsp3) is 0.390. The molecule has 96 heavy (non-hydrogen) atoms. The van der Waals surface area contributed by atoms with E-state index in [0.717, 1.165) is 115 Å². The van der Waals surface area contributed by atoms with Crippen LogP contribution in [0.4, 0.5) is 11.4 Å². The van der Waals surface area contributed by atoms with Crippen molar-refractivity contribution in [3.05, 3.63) is 209 Å². The van der Waals surface area contributed by atoms with E-state index in [2.05, 4.69) is 212 Å². The quantitative estimate of drug-likeness (QED) is 0.0347. The minimum absolute atomic E-state index is 0. The number of rotatable bonds is 21. The van der Waals surface area contributed by atoms with E-state index in [0.29, 0.717) is 43.5 Å². The van der Waals surface area contributed by atoms with Crippen LogP contribution < -0.4 is 62.8 Å². The van der Waals surface area contributed by atoms with Gasteiger partial charge in [0.2, 0.25) is 17.2 Å². The second-order valence-corrected chi connectivity index (χ2v) is 29.2. The van der Waals surface area contributed by atoms with Gasteiger partial charge in [0, 0.05) is 107 Å². The zero-order valence-corrected chi connectivity index (χ0v) is 57.7. The van der Waals surface area contributed by atoms with Crippen LogP contribution in [0.5, 0.6) is 11.5 Å². The Morgan fingerprint density at radius 1 is 0.573 bits per heavy atom. The van der Waals surface area contributed by atoms with E-state index in [1.165, 1.54) is 49.8 Å². The minimum Gasteiger partial charge on any atom is -0.456 e. The first kappa shape index (κ1) is 68.3. The van der Waals surface area contributed by atoms with E-state index < -0.39 is 6.04 Å². The summed E-state index contributed by atoms with van der Waals surface area (Å²) in [6.45, 7) is 29.7. The lowest BCUT2D eigenvalue weighted by atomic mass is 9.79.